The van der Waals surface area contributed by atoms with Crippen LogP contribution in [0, 0.1) is 5.82 Å². The van der Waals surface area contributed by atoms with Gasteiger partial charge in [0.05, 0.1) is 13.2 Å². The lowest BCUT2D eigenvalue weighted by atomic mass is 10.1. The van der Waals surface area contributed by atoms with E-state index >= 15 is 0 Å². The van der Waals surface area contributed by atoms with Gasteiger partial charge in [-0.05, 0) is 37.4 Å². The van der Waals surface area contributed by atoms with E-state index in [9.17, 15) is 9.18 Å². The van der Waals surface area contributed by atoms with Gasteiger partial charge in [-0.2, -0.15) is 4.98 Å². The van der Waals surface area contributed by atoms with Gasteiger partial charge >= 0.3 is 0 Å². The number of hydrogen-bond donors (Lipinski definition) is 2. The molecular weight excluding hydrogens is 395 g/mol. The Bertz CT molecular complexity index is 801. The van der Waals surface area contributed by atoms with Gasteiger partial charge in [-0.3, -0.25) is 4.79 Å². The fourth-order valence-electron chi connectivity index (χ4n) is 3.33. The number of halogens is 2. The lowest BCUT2D eigenvalue weighted by molar-refractivity contribution is -0.122. The normalized spacial score (nSPS) is 15.5. The second-order valence-electron chi connectivity index (χ2n) is 6.99. The first-order valence-electron chi connectivity index (χ1n) is 9.58. The average Bonchev–Trinajstić information content (AvgIpc) is 3.26. The maximum atomic E-state index is 14.7. The smallest absolute Gasteiger partial charge is 0.237 e. The lowest BCUT2D eigenvalue weighted by Gasteiger charge is -2.21. The van der Waals surface area contributed by atoms with Crippen LogP contribution in [-0.4, -0.2) is 44.2 Å². The predicted molar refractivity (Wildman–Crippen MR) is 114 cm³/mol. The van der Waals surface area contributed by atoms with Crippen molar-refractivity contribution in [1.29, 1.82) is 0 Å². The highest BCUT2D eigenvalue weighted by atomic mass is 35.5. The molecule has 2 aromatic rings. The number of nitrogens with one attached hydrogen (secondary N) is 2. The fraction of sp³-hybridized carbons (Fsp3) is 0.429. The molecule has 1 aliphatic heterocycles. The molecule has 1 atom stereocenters. The van der Waals surface area contributed by atoms with Crippen molar-refractivity contribution in [2.75, 3.05) is 32.1 Å². The van der Waals surface area contributed by atoms with Gasteiger partial charge in [0, 0.05) is 25.7 Å². The number of aromatic nitrogens is 1. The van der Waals surface area contributed by atoms with Crippen LogP contribution in [0.25, 0.3) is 0 Å². The second-order valence-corrected chi connectivity index (χ2v) is 6.99. The summed E-state index contributed by atoms with van der Waals surface area (Å²) in [6.07, 6.45) is 2.59. The van der Waals surface area contributed by atoms with Crippen LogP contribution in [0.5, 0.6) is 5.88 Å². The van der Waals surface area contributed by atoms with Gasteiger partial charge in [-0.25, -0.2) is 4.39 Å². The number of carbonyl (C=O) groups is 1. The summed E-state index contributed by atoms with van der Waals surface area (Å²) in [4.78, 5) is 18.3. The Hall–Kier alpha value is -2.38. The van der Waals surface area contributed by atoms with Crippen molar-refractivity contribution in [3.63, 3.8) is 0 Å². The summed E-state index contributed by atoms with van der Waals surface area (Å²) in [5.74, 6) is 0.0478. The molecule has 0 aliphatic carbocycles. The van der Waals surface area contributed by atoms with Gasteiger partial charge in [0.15, 0.2) is 11.6 Å². The van der Waals surface area contributed by atoms with E-state index in [0.717, 1.165) is 25.8 Å². The molecule has 1 aromatic carbocycles. The minimum atomic E-state index is -0.431. The molecular formula is C21H28ClFN4O2. The highest BCUT2D eigenvalue weighted by Crippen LogP contribution is 2.24. The SMILES string of the molecule is COc1nc(N(C)CCc2ccccc2)c(F)cc1CNC(=O)[C@@H]1CCCN1.Cl. The van der Waals surface area contributed by atoms with E-state index in [2.05, 4.69) is 15.6 Å². The number of amides is 1. The van der Waals surface area contributed by atoms with Crippen LogP contribution in [0.1, 0.15) is 24.0 Å². The molecule has 8 heteroatoms. The summed E-state index contributed by atoms with van der Waals surface area (Å²) in [6, 6.07) is 11.3. The quantitative estimate of drug-likeness (QED) is 0.684. The Morgan fingerprint density at radius 3 is 2.79 bits per heavy atom. The summed E-state index contributed by atoms with van der Waals surface area (Å²) in [5.41, 5.74) is 1.70. The maximum absolute atomic E-state index is 14.7. The standard InChI is InChI=1S/C21H27FN4O2.ClH/c1-26(12-10-15-7-4-3-5-8-15)19-17(22)13-16(21(25-19)28-2)14-24-20(27)18-9-6-11-23-18;/h3-5,7-8,13,18,23H,6,9-12,14H2,1-2H3,(H,24,27);1H/t18-;/m0./s1. The van der Waals surface area contributed by atoms with Crippen molar-refractivity contribution < 1.29 is 13.9 Å². The minimum absolute atomic E-state index is 0. The monoisotopic (exact) mass is 422 g/mol. The van der Waals surface area contributed by atoms with Crippen LogP contribution in [0.4, 0.5) is 10.2 Å². The van der Waals surface area contributed by atoms with Crippen LogP contribution >= 0.6 is 12.4 Å². The Balaban J connectivity index is 0.00000300. The molecule has 3 rings (SSSR count). The zero-order valence-corrected chi connectivity index (χ0v) is 17.6. The van der Waals surface area contributed by atoms with Gasteiger partial charge in [0.25, 0.3) is 0 Å². The summed E-state index contributed by atoms with van der Waals surface area (Å²) in [6.45, 7) is 1.65. The fourth-order valence-corrected chi connectivity index (χ4v) is 3.33. The summed E-state index contributed by atoms with van der Waals surface area (Å²) < 4.78 is 20.0. The molecule has 0 radical (unpaired) electrons. The van der Waals surface area contributed by atoms with Crippen LogP contribution < -0.4 is 20.3 Å². The molecule has 1 amide bonds. The number of benzene rings is 1. The first kappa shape index (κ1) is 22.9. The number of ether oxygens (including phenoxy) is 1. The van der Waals surface area contributed by atoms with E-state index in [1.807, 2.05) is 30.3 Å². The zero-order valence-electron chi connectivity index (χ0n) is 16.8. The van der Waals surface area contributed by atoms with Crippen LogP contribution in [0.3, 0.4) is 0 Å². The number of nitrogens with zero attached hydrogens (tertiary/aromatic N) is 2. The zero-order chi connectivity index (χ0) is 19.9. The lowest BCUT2D eigenvalue weighted by Crippen LogP contribution is -2.40. The van der Waals surface area contributed by atoms with Gasteiger partial charge in [0.2, 0.25) is 11.8 Å². The largest absolute Gasteiger partial charge is 0.481 e. The molecule has 29 heavy (non-hydrogen) atoms. The Kier molecular flexibility index (Phi) is 8.67. The minimum Gasteiger partial charge on any atom is -0.481 e. The second kappa shape index (κ2) is 11.0. The molecule has 1 fully saturated rings. The Labute approximate surface area is 177 Å². The number of hydrogen-bond acceptors (Lipinski definition) is 5. The van der Waals surface area contributed by atoms with Crippen molar-refractivity contribution in [3.05, 3.63) is 53.3 Å². The Morgan fingerprint density at radius 2 is 2.14 bits per heavy atom. The van der Waals surface area contributed by atoms with E-state index in [1.54, 1.807) is 11.9 Å². The van der Waals surface area contributed by atoms with Gasteiger partial charge in [-0.15, -0.1) is 12.4 Å². The molecule has 1 saturated heterocycles. The van der Waals surface area contributed by atoms with E-state index in [0.29, 0.717) is 18.0 Å². The molecule has 2 heterocycles. The number of pyridine rings is 1. The molecule has 1 aromatic heterocycles. The highest BCUT2D eigenvalue weighted by molar-refractivity contribution is 5.85. The Morgan fingerprint density at radius 1 is 1.38 bits per heavy atom. The van der Waals surface area contributed by atoms with Gasteiger partial charge in [-0.1, -0.05) is 30.3 Å². The molecule has 0 spiro atoms. The van der Waals surface area contributed by atoms with Crippen molar-refractivity contribution in [1.82, 2.24) is 15.6 Å². The van der Waals surface area contributed by atoms with E-state index in [4.69, 9.17) is 4.74 Å². The van der Waals surface area contributed by atoms with Crippen LogP contribution in [0.15, 0.2) is 36.4 Å². The number of likely N-dealkylation sites (N-methyl/N-ethyl adjacent to an activating group) is 1. The number of rotatable bonds is 8. The number of methoxy groups -OCH3 is 1. The van der Waals surface area contributed by atoms with Gasteiger partial charge in [0.1, 0.15) is 0 Å². The van der Waals surface area contributed by atoms with E-state index < -0.39 is 5.82 Å². The van der Waals surface area contributed by atoms with Crippen molar-refractivity contribution in [2.45, 2.75) is 31.8 Å². The third-order valence-corrected chi connectivity index (χ3v) is 4.96. The highest BCUT2D eigenvalue weighted by Gasteiger charge is 2.22. The molecule has 158 valence electrons. The molecule has 0 bridgehead atoms. The van der Waals surface area contributed by atoms with Crippen molar-refractivity contribution in [2.24, 2.45) is 0 Å². The summed E-state index contributed by atoms with van der Waals surface area (Å²) in [5, 5.41) is 5.98. The van der Waals surface area contributed by atoms with Crippen LogP contribution in [0.2, 0.25) is 0 Å². The number of carbonyl (C=O) groups excluding carboxylic acids is 1. The van der Waals surface area contributed by atoms with Crippen molar-refractivity contribution in [3.8, 4) is 5.88 Å². The van der Waals surface area contributed by atoms with E-state index in [-0.39, 0.29) is 36.7 Å². The van der Waals surface area contributed by atoms with E-state index in [1.165, 1.54) is 18.7 Å². The molecule has 0 unspecified atom stereocenters. The third-order valence-electron chi connectivity index (χ3n) is 4.96. The summed E-state index contributed by atoms with van der Waals surface area (Å²) in [7, 11) is 3.30. The average molecular weight is 423 g/mol. The van der Waals surface area contributed by atoms with Gasteiger partial charge < -0.3 is 20.3 Å². The number of anilines is 1. The molecule has 1 aliphatic rings. The summed E-state index contributed by atoms with van der Waals surface area (Å²) >= 11 is 0. The third kappa shape index (κ3) is 6.05. The van der Waals surface area contributed by atoms with Crippen molar-refractivity contribution >= 4 is 24.1 Å². The molecule has 0 saturated carbocycles. The first-order chi connectivity index (χ1) is 13.6. The molecule has 2 N–H and O–H groups in total. The molecule has 6 nitrogen and oxygen atoms in total. The van der Waals surface area contributed by atoms with Crippen LogP contribution in [-0.2, 0) is 17.8 Å². The maximum Gasteiger partial charge on any atom is 0.237 e. The first-order valence-corrected chi connectivity index (χ1v) is 9.58. The predicted octanol–water partition coefficient (Wildman–Crippen LogP) is 2.70. The topological polar surface area (TPSA) is 66.5 Å².